The van der Waals surface area contributed by atoms with Crippen LogP contribution in [-0.4, -0.2) is 0 Å². The highest BCUT2D eigenvalue weighted by atomic mass is 16.5. The molecule has 1 N–H and O–H groups in total. The molecular weight excluding hydrogens is 560 g/mol. The van der Waals surface area contributed by atoms with Gasteiger partial charge in [0.05, 0.1) is 5.69 Å². The summed E-state index contributed by atoms with van der Waals surface area (Å²) in [6.07, 6.45) is -0.215. The van der Waals surface area contributed by atoms with E-state index >= 15 is 0 Å². The first kappa shape index (κ1) is 26.4. The maximum atomic E-state index is 6.60. The summed E-state index contributed by atoms with van der Waals surface area (Å²) >= 11 is 0. The summed E-state index contributed by atoms with van der Waals surface area (Å²) in [5, 5.41) is 10.8. The second-order valence-electron chi connectivity index (χ2n) is 11.8. The fraction of sp³-hybridized carbons (Fsp3) is 0.0233. The Bertz CT molecular complexity index is 2370. The van der Waals surface area contributed by atoms with Crippen molar-refractivity contribution in [2.24, 2.45) is 0 Å². The Morgan fingerprint density at radius 3 is 1.87 bits per heavy atom. The summed E-state index contributed by atoms with van der Waals surface area (Å²) in [7, 11) is 0. The quantitative estimate of drug-likeness (QED) is 0.202. The molecule has 1 unspecified atom stereocenters. The topological polar surface area (TPSA) is 24.5 Å². The Morgan fingerprint density at radius 2 is 1.07 bits per heavy atom. The van der Waals surface area contributed by atoms with Crippen molar-refractivity contribution in [3.05, 3.63) is 175 Å². The number of anilines is 4. The minimum Gasteiger partial charge on any atom is -0.464 e. The summed E-state index contributed by atoms with van der Waals surface area (Å²) in [6.45, 7) is 0. The van der Waals surface area contributed by atoms with Crippen molar-refractivity contribution in [3.8, 4) is 16.9 Å². The van der Waals surface area contributed by atoms with E-state index in [4.69, 9.17) is 4.74 Å². The highest BCUT2D eigenvalue weighted by Crippen LogP contribution is 2.49. The molecule has 1 aliphatic rings. The lowest BCUT2D eigenvalue weighted by molar-refractivity contribution is 0.262. The van der Waals surface area contributed by atoms with Crippen molar-refractivity contribution in [2.45, 2.75) is 6.23 Å². The van der Waals surface area contributed by atoms with Crippen LogP contribution in [0.2, 0.25) is 0 Å². The van der Waals surface area contributed by atoms with Gasteiger partial charge in [-0.1, -0.05) is 121 Å². The monoisotopic (exact) mass is 590 g/mol. The minimum absolute atomic E-state index is 0.215. The molecule has 218 valence electrons. The molecule has 0 aromatic heterocycles. The largest absolute Gasteiger partial charge is 0.464 e. The van der Waals surface area contributed by atoms with Crippen LogP contribution in [0.3, 0.4) is 0 Å². The van der Waals surface area contributed by atoms with Gasteiger partial charge in [0, 0.05) is 33.4 Å². The summed E-state index contributed by atoms with van der Waals surface area (Å²) in [5.74, 6) is 0.915. The van der Waals surface area contributed by atoms with Gasteiger partial charge in [-0.25, -0.2) is 0 Å². The molecule has 1 aliphatic heterocycles. The highest BCUT2D eigenvalue weighted by molar-refractivity contribution is 6.18. The Morgan fingerprint density at radius 1 is 0.435 bits per heavy atom. The van der Waals surface area contributed by atoms with Crippen molar-refractivity contribution in [1.29, 1.82) is 0 Å². The number of para-hydroxylation sites is 1. The molecule has 0 amide bonds. The van der Waals surface area contributed by atoms with E-state index in [-0.39, 0.29) is 6.23 Å². The van der Waals surface area contributed by atoms with Gasteiger partial charge in [0.2, 0.25) is 0 Å². The molecule has 3 nitrogen and oxygen atoms in total. The average Bonchev–Trinajstić information content (AvgIpc) is 3.59. The number of hydrogen-bond donors (Lipinski definition) is 1. The van der Waals surface area contributed by atoms with Crippen LogP contribution in [-0.2, 0) is 0 Å². The van der Waals surface area contributed by atoms with Crippen molar-refractivity contribution in [3.63, 3.8) is 0 Å². The summed E-state index contributed by atoms with van der Waals surface area (Å²) in [6, 6.07) is 60.4. The van der Waals surface area contributed by atoms with Crippen molar-refractivity contribution < 1.29 is 4.74 Å². The number of benzene rings is 8. The summed E-state index contributed by atoms with van der Waals surface area (Å²) in [5.41, 5.74) is 7.88. The zero-order valence-corrected chi connectivity index (χ0v) is 25.1. The number of rotatable bonds is 5. The van der Waals surface area contributed by atoms with Crippen LogP contribution in [0.5, 0.6) is 5.75 Å². The van der Waals surface area contributed by atoms with Crippen molar-refractivity contribution >= 4 is 55.1 Å². The molecule has 1 heterocycles. The Kier molecular flexibility index (Phi) is 6.20. The standard InChI is InChI=1S/C43H30N2O/c1-3-12-31(13-4-1)43-44-41-38-18-10-9-17-37(38)40-28-33(22-26-39(40)42(41)46-43)30-19-23-35(24-20-30)45(34-15-5-2-6-16-34)36-25-21-29-11-7-8-14-32(29)27-36/h1-28,43-44H. The van der Waals surface area contributed by atoms with Gasteiger partial charge >= 0.3 is 0 Å². The molecule has 46 heavy (non-hydrogen) atoms. The highest BCUT2D eigenvalue weighted by Gasteiger charge is 2.28. The van der Waals surface area contributed by atoms with Crippen LogP contribution in [0.1, 0.15) is 11.8 Å². The first-order valence-electron chi connectivity index (χ1n) is 15.7. The molecule has 0 saturated heterocycles. The fourth-order valence-corrected chi connectivity index (χ4v) is 6.80. The normalized spacial score (nSPS) is 13.8. The molecule has 8 aromatic rings. The van der Waals surface area contributed by atoms with Crippen LogP contribution < -0.4 is 15.0 Å². The molecule has 0 radical (unpaired) electrons. The van der Waals surface area contributed by atoms with Crippen LogP contribution in [0.25, 0.3) is 43.4 Å². The maximum absolute atomic E-state index is 6.60. The molecule has 0 spiro atoms. The van der Waals surface area contributed by atoms with Crippen LogP contribution in [0.15, 0.2) is 170 Å². The number of nitrogens with zero attached hydrogens (tertiary/aromatic N) is 1. The molecule has 0 fully saturated rings. The van der Waals surface area contributed by atoms with E-state index < -0.39 is 0 Å². The van der Waals surface area contributed by atoms with Gasteiger partial charge in [-0.3, -0.25) is 0 Å². The Balaban J connectivity index is 1.12. The minimum atomic E-state index is -0.215. The molecule has 8 aromatic carbocycles. The third-order valence-electron chi connectivity index (χ3n) is 9.06. The third kappa shape index (κ3) is 4.44. The smallest absolute Gasteiger partial charge is 0.196 e. The molecule has 0 saturated carbocycles. The average molecular weight is 591 g/mol. The lowest BCUT2D eigenvalue weighted by Crippen LogP contribution is -2.09. The van der Waals surface area contributed by atoms with E-state index in [0.717, 1.165) is 39.4 Å². The van der Waals surface area contributed by atoms with E-state index in [9.17, 15) is 0 Å². The molecule has 1 atom stereocenters. The summed E-state index contributed by atoms with van der Waals surface area (Å²) < 4.78 is 6.60. The number of ether oxygens (including phenoxy) is 1. The molecule has 0 bridgehead atoms. The van der Waals surface area contributed by atoms with Gasteiger partial charge < -0.3 is 15.0 Å². The second-order valence-corrected chi connectivity index (χ2v) is 11.8. The lowest BCUT2D eigenvalue weighted by Gasteiger charge is -2.26. The van der Waals surface area contributed by atoms with Crippen LogP contribution in [0.4, 0.5) is 22.7 Å². The van der Waals surface area contributed by atoms with Crippen LogP contribution in [0, 0.1) is 0 Å². The van der Waals surface area contributed by atoms with Gasteiger partial charge in [-0.15, -0.1) is 0 Å². The molecule has 0 aliphatic carbocycles. The Labute approximate surface area is 267 Å². The third-order valence-corrected chi connectivity index (χ3v) is 9.06. The second kappa shape index (κ2) is 10.8. The van der Waals surface area contributed by atoms with Crippen molar-refractivity contribution in [1.82, 2.24) is 0 Å². The first-order chi connectivity index (χ1) is 22.8. The maximum Gasteiger partial charge on any atom is 0.196 e. The van der Waals surface area contributed by atoms with Gasteiger partial charge in [0.1, 0.15) is 0 Å². The predicted molar refractivity (Wildman–Crippen MR) is 193 cm³/mol. The van der Waals surface area contributed by atoms with Crippen molar-refractivity contribution in [2.75, 3.05) is 10.2 Å². The van der Waals surface area contributed by atoms with E-state index in [0.29, 0.717) is 0 Å². The van der Waals surface area contributed by atoms with Gasteiger partial charge in [-0.05, 0) is 81.2 Å². The van der Waals surface area contributed by atoms with E-state index in [1.54, 1.807) is 0 Å². The fourth-order valence-electron chi connectivity index (χ4n) is 6.80. The van der Waals surface area contributed by atoms with Gasteiger partial charge in [0.25, 0.3) is 0 Å². The summed E-state index contributed by atoms with van der Waals surface area (Å²) in [4.78, 5) is 2.32. The first-order valence-corrected chi connectivity index (χ1v) is 15.7. The number of nitrogens with one attached hydrogen (secondary N) is 1. The lowest BCUT2D eigenvalue weighted by atomic mass is 9.95. The molecule has 9 rings (SSSR count). The SMILES string of the molecule is c1ccc(C2Nc3c(c4ccc(-c5ccc(N(c6ccccc6)c6ccc7ccccc7c6)cc5)cc4c4ccccc34)O2)cc1. The van der Waals surface area contributed by atoms with E-state index in [1.165, 1.54) is 38.1 Å². The van der Waals surface area contributed by atoms with Gasteiger partial charge in [-0.2, -0.15) is 0 Å². The predicted octanol–water partition coefficient (Wildman–Crippen LogP) is 11.8. The van der Waals surface area contributed by atoms with E-state index in [2.05, 4.69) is 174 Å². The number of fused-ring (bicyclic) bond motifs is 7. The zero-order chi connectivity index (χ0) is 30.5. The van der Waals surface area contributed by atoms with E-state index in [1.807, 2.05) is 6.07 Å². The Hall–Kier alpha value is -6.06. The number of hydrogen-bond acceptors (Lipinski definition) is 3. The molecule has 3 heteroatoms. The van der Waals surface area contributed by atoms with Gasteiger partial charge in [0.15, 0.2) is 12.0 Å². The zero-order valence-electron chi connectivity index (χ0n) is 25.1. The molecular formula is C43H30N2O. The van der Waals surface area contributed by atoms with Crippen LogP contribution >= 0.6 is 0 Å².